The van der Waals surface area contributed by atoms with Gasteiger partial charge in [-0.05, 0) is 90.1 Å². The van der Waals surface area contributed by atoms with Gasteiger partial charge in [0, 0.05) is 42.8 Å². The van der Waals surface area contributed by atoms with Crippen LogP contribution in [0.2, 0.25) is 5.02 Å². The van der Waals surface area contributed by atoms with Crippen molar-refractivity contribution in [1.82, 2.24) is 15.3 Å². The van der Waals surface area contributed by atoms with E-state index in [0.717, 1.165) is 0 Å². The minimum atomic E-state index is -1.16. The first-order chi connectivity index (χ1) is 16.7. The number of ether oxygens (including phenoxy) is 2. The molecule has 196 valence electrons. The molecule has 0 atom stereocenters. The first-order valence-corrected chi connectivity index (χ1v) is 12.2. The molecule has 0 radical (unpaired) electrons. The van der Waals surface area contributed by atoms with Crippen molar-refractivity contribution < 1.29 is 23.9 Å². The fraction of sp³-hybridized carbons (Fsp3) is 0.444. The SMILES string of the molecule is CCN(C(=O)OC(C)(C)C)N(C)CCNC(=O)C(C)(C)Oc1ccc(C(=O)c2ccc(Cl)cc2)cc1. The van der Waals surface area contributed by atoms with Gasteiger partial charge in [-0.1, -0.05) is 11.6 Å². The molecule has 0 saturated carbocycles. The predicted molar refractivity (Wildman–Crippen MR) is 140 cm³/mol. The monoisotopic (exact) mass is 517 g/mol. The van der Waals surface area contributed by atoms with Gasteiger partial charge in [-0.25, -0.2) is 14.8 Å². The fourth-order valence-electron chi connectivity index (χ4n) is 3.27. The summed E-state index contributed by atoms with van der Waals surface area (Å²) < 4.78 is 11.3. The molecule has 0 saturated heterocycles. The fourth-order valence-corrected chi connectivity index (χ4v) is 3.40. The lowest BCUT2D eigenvalue weighted by atomic mass is 10.0. The Morgan fingerprint density at radius 2 is 1.44 bits per heavy atom. The Morgan fingerprint density at radius 3 is 1.94 bits per heavy atom. The van der Waals surface area contributed by atoms with Gasteiger partial charge in [0.1, 0.15) is 11.4 Å². The van der Waals surface area contributed by atoms with Crippen LogP contribution in [0.3, 0.4) is 0 Å². The molecule has 0 aliphatic carbocycles. The highest BCUT2D eigenvalue weighted by Gasteiger charge is 2.30. The van der Waals surface area contributed by atoms with Crippen molar-refractivity contribution in [1.29, 1.82) is 0 Å². The van der Waals surface area contributed by atoms with Gasteiger partial charge >= 0.3 is 6.09 Å². The van der Waals surface area contributed by atoms with Crippen LogP contribution in [-0.4, -0.2) is 65.7 Å². The summed E-state index contributed by atoms with van der Waals surface area (Å²) in [7, 11) is 1.76. The van der Waals surface area contributed by atoms with Crippen molar-refractivity contribution in [3.63, 3.8) is 0 Å². The van der Waals surface area contributed by atoms with Crippen LogP contribution >= 0.6 is 11.6 Å². The van der Waals surface area contributed by atoms with Gasteiger partial charge in [0.05, 0.1) is 0 Å². The second kappa shape index (κ2) is 12.2. The average molecular weight is 518 g/mol. The van der Waals surface area contributed by atoms with Gasteiger partial charge in [0.2, 0.25) is 0 Å². The zero-order valence-electron chi connectivity index (χ0n) is 22.1. The molecule has 0 bridgehead atoms. The molecule has 2 aromatic carbocycles. The molecule has 9 heteroatoms. The summed E-state index contributed by atoms with van der Waals surface area (Å²) in [6.45, 7) is 11.8. The standard InChI is InChI=1S/C27H36ClN3O5/c1-8-31(25(34)36-26(2,3)4)30(7)18-17-29-24(33)27(5,6)35-22-15-11-20(12-16-22)23(32)19-9-13-21(28)14-10-19/h9-16H,8,17-18H2,1-7H3,(H,29,33). The van der Waals surface area contributed by atoms with E-state index >= 15 is 0 Å². The summed E-state index contributed by atoms with van der Waals surface area (Å²) in [6.07, 6.45) is -0.444. The van der Waals surface area contributed by atoms with Crippen molar-refractivity contribution in [2.45, 2.75) is 52.7 Å². The van der Waals surface area contributed by atoms with Crippen LogP contribution in [0.4, 0.5) is 4.79 Å². The van der Waals surface area contributed by atoms with Crippen LogP contribution in [0, 0.1) is 0 Å². The zero-order chi connectivity index (χ0) is 27.1. The van der Waals surface area contributed by atoms with E-state index in [0.29, 0.717) is 41.5 Å². The number of rotatable bonds is 10. The Bertz CT molecular complexity index is 1050. The molecule has 2 rings (SSSR count). The summed E-state index contributed by atoms with van der Waals surface area (Å²) in [5.41, 5.74) is -0.718. The largest absolute Gasteiger partial charge is 0.478 e. The number of hydrogen-bond acceptors (Lipinski definition) is 6. The highest BCUT2D eigenvalue weighted by atomic mass is 35.5. The van der Waals surface area contributed by atoms with Crippen LogP contribution in [0.5, 0.6) is 5.75 Å². The maximum absolute atomic E-state index is 12.8. The number of halogens is 1. The summed E-state index contributed by atoms with van der Waals surface area (Å²) in [6, 6.07) is 13.3. The summed E-state index contributed by atoms with van der Waals surface area (Å²) >= 11 is 5.89. The predicted octanol–water partition coefficient (Wildman–Crippen LogP) is 4.95. The average Bonchev–Trinajstić information content (AvgIpc) is 2.78. The number of hydrazine groups is 1. The maximum atomic E-state index is 12.8. The quantitative estimate of drug-likeness (QED) is 0.354. The zero-order valence-corrected chi connectivity index (χ0v) is 22.8. The van der Waals surface area contributed by atoms with Crippen molar-refractivity contribution in [2.24, 2.45) is 0 Å². The molecule has 1 N–H and O–H groups in total. The number of nitrogens with zero attached hydrogens (tertiary/aromatic N) is 2. The second-order valence-corrected chi connectivity index (χ2v) is 10.2. The van der Waals surface area contributed by atoms with Gasteiger partial charge < -0.3 is 14.8 Å². The third kappa shape index (κ3) is 8.53. The molecular formula is C27H36ClN3O5. The molecule has 0 heterocycles. The second-order valence-electron chi connectivity index (χ2n) is 9.81. The lowest BCUT2D eigenvalue weighted by Gasteiger charge is -2.33. The van der Waals surface area contributed by atoms with E-state index in [1.165, 1.54) is 5.01 Å². The number of amides is 2. The van der Waals surface area contributed by atoms with Gasteiger partial charge in [-0.2, -0.15) is 0 Å². The Balaban J connectivity index is 1.90. The molecular weight excluding hydrogens is 482 g/mol. The number of carbonyl (C=O) groups excluding carboxylic acids is 3. The number of benzene rings is 2. The number of hydrogen-bond donors (Lipinski definition) is 1. The van der Waals surface area contributed by atoms with Crippen molar-refractivity contribution in [3.05, 3.63) is 64.7 Å². The molecule has 36 heavy (non-hydrogen) atoms. The van der Waals surface area contributed by atoms with Crippen LogP contribution in [0.15, 0.2) is 48.5 Å². The number of ketones is 1. The lowest BCUT2D eigenvalue weighted by Crippen LogP contribution is -2.51. The van der Waals surface area contributed by atoms with Crippen molar-refractivity contribution in [2.75, 3.05) is 26.7 Å². The van der Waals surface area contributed by atoms with E-state index in [-0.39, 0.29) is 11.7 Å². The smallest absolute Gasteiger partial charge is 0.424 e. The highest BCUT2D eigenvalue weighted by Crippen LogP contribution is 2.21. The van der Waals surface area contributed by atoms with Gasteiger partial charge in [-0.3, -0.25) is 9.59 Å². The minimum absolute atomic E-state index is 0.133. The van der Waals surface area contributed by atoms with Crippen LogP contribution < -0.4 is 10.1 Å². The highest BCUT2D eigenvalue weighted by molar-refractivity contribution is 6.30. The van der Waals surface area contributed by atoms with Crippen LogP contribution in [0.1, 0.15) is 57.5 Å². The molecule has 0 fully saturated rings. The van der Waals surface area contributed by atoms with Crippen LogP contribution in [0.25, 0.3) is 0 Å². The molecule has 0 unspecified atom stereocenters. The van der Waals surface area contributed by atoms with E-state index in [4.69, 9.17) is 21.1 Å². The third-order valence-corrected chi connectivity index (χ3v) is 5.43. The normalized spacial score (nSPS) is 11.7. The number of nitrogens with one attached hydrogen (secondary N) is 1. The summed E-state index contributed by atoms with van der Waals surface area (Å²) in [5, 5.41) is 6.59. The van der Waals surface area contributed by atoms with Crippen LogP contribution in [-0.2, 0) is 9.53 Å². The van der Waals surface area contributed by atoms with Gasteiger partial charge in [-0.15, -0.1) is 0 Å². The summed E-state index contributed by atoms with van der Waals surface area (Å²) in [4.78, 5) is 37.8. The topological polar surface area (TPSA) is 88.2 Å². The molecule has 8 nitrogen and oxygen atoms in total. The summed E-state index contributed by atoms with van der Waals surface area (Å²) in [5.74, 6) is 0.0198. The van der Waals surface area contributed by atoms with Crippen molar-refractivity contribution >= 4 is 29.4 Å². The van der Waals surface area contributed by atoms with E-state index in [2.05, 4.69) is 5.32 Å². The van der Waals surface area contributed by atoms with E-state index in [1.54, 1.807) is 74.4 Å². The molecule has 0 aromatic heterocycles. The molecule has 0 aliphatic heterocycles. The van der Waals surface area contributed by atoms with Crippen molar-refractivity contribution in [3.8, 4) is 5.75 Å². The Kier molecular flexibility index (Phi) is 9.90. The third-order valence-electron chi connectivity index (χ3n) is 5.18. The number of likely N-dealkylation sites (N-methyl/N-ethyl adjacent to an activating group) is 1. The molecule has 0 spiro atoms. The van der Waals surface area contributed by atoms with E-state index in [1.807, 2.05) is 27.7 Å². The first kappa shape index (κ1) is 29.1. The van der Waals surface area contributed by atoms with E-state index in [9.17, 15) is 14.4 Å². The Labute approximate surface area is 218 Å². The number of carbonyl (C=O) groups is 3. The lowest BCUT2D eigenvalue weighted by molar-refractivity contribution is -0.134. The Morgan fingerprint density at radius 1 is 0.917 bits per heavy atom. The van der Waals surface area contributed by atoms with Gasteiger partial charge in [0.25, 0.3) is 5.91 Å². The minimum Gasteiger partial charge on any atom is -0.478 e. The molecule has 2 aromatic rings. The first-order valence-electron chi connectivity index (χ1n) is 11.8. The maximum Gasteiger partial charge on any atom is 0.424 e. The Hall–Kier alpha value is -3.10. The van der Waals surface area contributed by atoms with Gasteiger partial charge in [0.15, 0.2) is 11.4 Å². The molecule has 0 aliphatic rings. The molecule has 2 amide bonds. The van der Waals surface area contributed by atoms with E-state index < -0.39 is 17.3 Å².